The van der Waals surface area contributed by atoms with Gasteiger partial charge in [-0.15, -0.1) is 0 Å². The molecule has 1 aliphatic carbocycles. The lowest BCUT2D eigenvalue weighted by Crippen LogP contribution is -2.34. The molecule has 0 spiro atoms. The number of carbonyl (C=O) groups excluding carboxylic acids is 1. The van der Waals surface area contributed by atoms with Gasteiger partial charge in [0.15, 0.2) is 0 Å². The number of nitrogens with one attached hydrogen (secondary N) is 1. The largest absolute Gasteiger partial charge is 0.444 e. The highest BCUT2D eigenvalue weighted by Gasteiger charge is 2.33. The SMILES string of the molecule is C[C@H](NC(=O)OC(C)(C)C)c1cncn1C1CCC(C)(C)C1. The first kappa shape index (κ1) is 16.8. The van der Waals surface area contributed by atoms with E-state index in [1.165, 1.54) is 6.42 Å². The molecule has 1 aliphatic rings. The summed E-state index contributed by atoms with van der Waals surface area (Å²) in [5.41, 5.74) is 0.932. The fourth-order valence-electron chi connectivity index (χ4n) is 3.15. The highest BCUT2D eigenvalue weighted by Crippen LogP contribution is 2.44. The van der Waals surface area contributed by atoms with E-state index in [0.717, 1.165) is 18.5 Å². The number of nitrogens with zero attached hydrogens (tertiary/aromatic N) is 2. The van der Waals surface area contributed by atoms with Crippen LogP contribution in [0.2, 0.25) is 0 Å². The minimum absolute atomic E-state index is 0.124. The Kier molecular flexibility index (Phi) is 4.54. The predicted octanol–water partition coefficient (Wildman–Crippen LogP) is 4.22. The Balaban J connectivity index is 2.04. The van der Waals surface area contributed by atoms with E-state index in [1.54, 1.807) is 0 Å². The Morgan fingerprint density at radius 1 is 1.50 bits per heavy atom. The van der Waals surface area contributed by atoms with Crippen LogP contribution in [0.15, 0.2) is 12.5 Å². The monoisotopic (exact) mass is 307 g/mol. The standard InChI is InChI=1S/C17H29N3O2/c1-12(19-15(21)22-16(2,3)4)14-10-18-11-20(14)13-7-8-17(5,6)9-13/h10-13H,7-9H2,1-6H3,(H,19,21)/t12-,13?/m0/s1. The molecule has 1 aromatic heterocycles. The first-order valence-electron chi connectivity index (χ1n) is 8.09. The Morgan fingerprint density at radius 3 is 2.73 bits per heavy atom. The topological polar surface area (TPSA) is 56.1 Å². The first-order valence-corrected chi connectivity index (χ1v) is 8.09. The molecule has 1 unspecified atom stereocenters. The van der Waals surface area contributed by atoms with Crippen LogP contribution in [0, 0.1) is 5.41 Å². The van der Waals surface area contributed by atoms with E-state index in [4.69, 9.17) is 4.74 Å². The minimum Gasteiger partial charge on any atom is -0.444 e. The van der Waals surface area contributed by atoms with Gasteiger partial charge < -0.3 is 14.6 Å². The lowest BCUT2D eigenvalue weighted by Gasteiger charge is -2.24. The van der Waals surface area contributed by atoms with Crippen LogP contribution in [0.3, 0.4) is 0 Å². The second kappa shape index (κ2) is 5.94. The number of ether oxygens (including phenoxy) is 1. The van der Waals surface area contributed by atoms with Gasteiger partial charge in [0, 0.05) is 6.04 Å². The summed E-state index contributed by atoms with van der Waals surface area (Å²) < 4.78 is 7.54. The maximum Gasteiger partial charge on any atom is 0.408 e. The lowest BCUT2D eigenvalue weighted by molar-refractivity contribution is 0.0505. The molecular weight excluding hydrogens is 278 g/mol. The van der Waals surface area contributed by atoms with Crippen molar-refractivity contribution in [2.45, 2.75) is 78.5 Å². The molecule has 124 valence electrons. The second-order valence-electron chi connectivity index (χ2n) is 8.15. The number of alkyl carbamates (subject to hydrolysis) is 1. The lowest BCUT2D eigenvalue weighted by atomic mass is 9.92. The smallest absolute Gasteiger partial charge is 0.408 e. The zero-order valence-electron chi connectivity index (χ0n) is 14.6. The average Bonchev–Trinajstić information content (AvgIpc) is 2.91. The molecule has 1 fully saturated rings. The fraction of sp³-hybridized carbons (Fsp3) is 0.765. The van der Waals surface area contributed by atoms with E-state index in [9.17, 15) is 4.79 Å². The van der Waals surface area contributed by atoms with Gasteiger partial charge >= 0.3 is 6.09 Å². The summed E-state index contributed by atoms with van der Waals surface area (Å²) in [4.78, 5) is 16.2. The number of rotatable bonds is 3. The van der Waals surface area contributed by atoms with Crippen LogP contribution in [-0.4, -0.2) is 21.2 Å². The normalized spacial score (nSPS) is 22.4. The van der Waals surface area contributed by atoms with Crippen LogP contribution in [0.1, 0.15) is 78.6 Å². The molecule has 1 amide bonds. The Bertz CT molecular complexity index is 528. The molecule has 1 N–H and O–H groups in total. The third-order valence-corrected chi connectivity index (χ3v) is 4.21. The van der Waals surface area contributed by atoms with Crippen molar-refractivity contribution < 1.29 is 9.53 Å². The van der Waals surface area contributed by atoms with E-state index in [0.29, 0.717) is 11.5 Å². The van der Waals surface area contributed by atoms with Crippen molar-refractivity contribution in [2.75, 3.05) is 0 Å². The molecular formula is C17H29N3O2. The van der Waals surface area contributed by atoms with Gasteiger partial charge in [-0.3, -0.25) is 0 Å². The van der Waals surface area contributed by atoms with Gasteiger partial charge in [0.2, 0.25) is 0 Å². The van der Waals surface area contributed by atoms with Crippen molar-refractivity contribution in [1.29, 1.82) is 0 Å². The number of hydrogen-bond acceptors (Lipinski definition) is 3. The number of hydrogen-bond donors (Lipinski definition) is 1. The number of imidazole rings is 1. The van der Waals surface area contributed by atoms with Gasteiger partial charge in [-0.25, -0.2) is 9.78 Å². The summed E-state index contributed by atoms with van der Waals surface area (Å²) >= 11 is 0. The minimum atomic E-state index is -0.487. The van der Waals surface area contributed by atoms with Gasteiger partial charge in [-0.1, -0.05) is 13.8 Å². The van der Waals surface area contributed by atoms with E-state index in [2.05, 4.69) is 28.7 Å². The third-order valence-electron chi connectivity index (χ3n) is 4.21. The molecule has 2 rings (SSSR count). The summed E-state index contributed by atoms with van der Waals surface area (Å²) in [7, 11) is 0. The van der Waals surface area contributed by atoms with Crippen LogP contribution in [0.5, 0.6) is 0 Å². The average molecular weight is 307 g/mol. The fourth-order valence-corrected chi connectivity index (χ4v) is 3.15. The number of aromatic nitrogens is 2. The van der Waals surface area contributed by atoms with E-state index in [1.807, 2.05) is 40.2 Å². The van der Waals surface area contributed by atoms with Crippen LogP contribution in [0.25, 0.3) is 0 Å². The van der Waals surface area contributed by atoms with E-state index in [-0.39, 0.29) is 12.1 Å². The molecule has 22 heavy (non-hydrogen) atoms. The van der Waals surface area contributed by atoms with Crippen molar-refractivity contribution >= 4 is 6.09 Å². The van der Waals surface area contributed by atoms with Crippen molar-refractivity contribution in [3.8, 4) is 0 Å². The molecule has 5 nitrogen and oxygen atoms in total. The highest BCUT2D eigenvalue weighted by molar-refractivity contribution is 5.68. The molecule has 0 saturated heterocycles. The third kappa shape index (κ3) is 4.24. The number of carbonyl (C=O) groups is 1. The Hall–Kier alpha value is -1.52. The predicted molar refractivity (Wildman–Crippen MR) is 86.7 cm³/mol. The van der Waals surface area contributed by atoms with Gasteiger partial charge in [0.1, 0.15) is 5.60 Å². The molecule has 0 bridgehead atoms. The first-order chi connectivity index (χ1) is 10.1. The molecule has 0 radical (unpaired) electrons. The van der Waals surface area contributed by atoms with Crippen LogP contribution in [-0.2, 0) is 4.74 Å². The highest BCUT2D eigenvalue weighted by atomic mass is 16.6. The summed E-state index contributed by atoms with van der Waals surface area (Å²) in [6, 6.07) is 0.344. The summed E-state index contributed by atoms with van der Waals surface area (Å²) in [6.45, 7) is 12.2. The van der Waals surface area contributed by atoms with E-state index >= 15 is 0 Å². The van der Waals surface area contributed by atoms with Crippen molar-refractivity contribution in [3.05, 3.63) is 18.2 Å². The zero-order chi connectivity index (χ0) is 16.5. The van der Waals surface area contributed by atoms with Gasteiger partial charge in [0.05, 0.1) is 24.3 Å². The summed E-state index contributed by atoms with van der Waals surface area (Å²) in [5.74, 6) is 0. The molecule has 1 saturated carbocycles. The van der Waals surface area contributed by atoms with Gasteiger partial charge in [-0.05, 0) is 52.4 Å². The quantitative estimate of drug-likeness (QED) is 0.909. The molecule has 5 heteroatoms. The van der Waals surface area contributed by atoms with Crippen LogP contribution < -0.4 is 5.32 Å². The summed E-state index contributed by atoms with van der Waals surface area (Å²) in [5, 5.41) is 2.90. The van der Waals surface area contributed by atoms with Crippen LogP contribution >= 0.6 is 0 Å². The van der Waals surface area contributed by atoms with Crippen molar-refractivity contribution in [1.82, 2.24) is 14.9 Å². The summed E-state index contributed by atoms with van der Waals surface area (Å²) in [6.07, 6.45) is 6.87. The second-order valence-corrected chi connectivity index (χ2v) is 8.15. The maximum atomic E-state index is 11.9. The van der Waals surface area contributed by atoms with Crippen LogP contribution in [0.4, 0.5) is 4.79 Å². The van der Waals surface area contributed by atoms with Crippen molar-refractivity contribution in [2.24, 2.45) is 5.41 Å². The van der Waals surface area contributed by atoms with Crippen molar-refractivity contribution in [3.63, 3.8) is 0 Å². The molecule has 2 atom stereocenters. The Morgan fingerprint density at radius 2 is 2.18 bits per heavy atom. The molecule has 1 aromatic rings. The maximum absolute atomic E-state index is 11.9. The van der Waals surface area contributed by atoms with Gasteiger partial charge in [-0.2, -0.15) is 0 Å². The van der Waals surface area contributed by atoms with Gasteiger partial charge in [0.25, 0.3) is 0 Å². The molecule has 1 heterocycles. The Labute approximate surface area is 133 Å². The van der Waals surface area contributed by atoms with E-state index < -0.39 is 5.60 Å². The molecule has 0 aromatic carbocycles. The molecule has 0 aliphatic heterocycles. The number of amides is 1. The zero-order valence-corrected chi connectivity index (χ0v) is 14.6.